The Labute approximate surface area is 58.7 Å². The van der Waals surface area contributed by atoms with Gasteiger partial charge in [-0.3, -0.25) is 4.79 Å². The Balaban J connectivity index is 3.56. The van der Waals surface area contributed by atoms with E-state index in [2.05, 4.69) is 4.58 Å². The van der Waals surface area contributed by atoms with E-state index in [9.17, 15) is 10.1 Å². The van der Waals surface area contributed by atoms with E-state index < -0.39 is 5.97 Å². The Morgan fingerprint density at radius 3 is 2.50 bits per heavy atom. The lowest BCUT2D eigenvalue weighted by molar-refractivity contribution is -1.05. The van der Waals surface area contributed by atoms with Crippen LogP contribution in [0.15, 0.2) is 0 Å². The predicted molar refractivity (Wildman–Crippen MR) is 32.2 cm³/mol. The van der Waals surface area contributed by atoms with Crippen molar-refractivity contribution in [2.45, 2.75) is 26.2 Å². The fourth-order valence-electron chi connectivity index (χ4n) is 0.524. The van der Waals surface area contributed by atoms with Crippen molar-refractivity contribution >= 4 is 11.8 Å². The number of carboxylic acid groups (broad SMARTS) is 1. The first kappa shape index (κ1) is 8.94. The van der Waals surface area contributed by atoms with Gasteiger partial charge in [0.1, 0.15) is 0 Å². The van der Waals surface area contributed by atoms with E-state index in [0.717, 1.165) is 0 Å². The van der Waals surface area contributed by atoms with Crippen LogP contribution in [-0.4, -0.2) is 16.9 Å². The van der Waals surface area contributed by atoms with E-state index in [1.54, 1.807) is 6.92 Å². The standard InChI is InChI=1S/C6H10O4/c1-2-5(10-9)3-4-6(7)8/h2-4H2,1H3,(H,7,8). The lowest BCUT2D eigenvalue weighted by Gasteiger charge is -1.88. The van der Waals surface area contributed by atoms with Gasteiger partial charge in [-0.05, 0) is 0 Å². The highest BCUT2D eigenvalue weighted by molar-refractivity contribution is 5.82. The first-order valence-corrected chi connectivity index (χ1v) is 3.07. The Bertz CT molecular complexity index is 139. The Kier molecular flexibility index (Phi) is 4.28. The van der Waals surface area contributed by atoms with Gasteiger partial charge < -0.3 is 10.4 Å². The summed E-state index contributed by atoms with van der Waals surface area (Å²) in [5, 5.41) is 17.9. The van der Waals surface area contributed by atoms with Crippen LogP contribution in [0.4, 0.5) is 0 Å². The second kappa shape index (κ2) is 4.78. The summed E-state index contributed by atoms with van der Waals surface area (Å²) in [4.78, 5) is 9.96. The van der Waals surface area contributed by atoms with Crippen LogP contribution in [0.5, 0.6) is 0 Å². The third-order valence-electron chi connectivity index (χ3n) is 1.13. The molecular formula is C6H10O4. The Morgan fingerprint density at radius 2 is 2.20 bits per heavy atom. The van der Waals surface area contributed by atoms with Crippen LogP contribution in [0.2, 0.25) is 0 Å². The summed E-state index contributed by atoms with van der Waals surface area (Å²) < 4.78 is 3.65. The second-order valence-corrected chi connectivity index (χ2v) is 1.87. The maximum atomic E-state index is 9.96. The molecular weight excluding hydrogens is 136 g/mol. The van der Waals surface area contributed by atoms with Gasteiger partial charge in [0.25, 0.3) is 0 Å². The third-order valence-corrected chi connectivity index (χ3v) is 1.13. The summed E-state index contributed by atoms with van der Waals surface area (Å²) in [7, 11) is 0. The molecule has 0 aliphatic rings. The Morgan fingerprint density at radius 1 is 1.60 bits per heavy atom. The van der Waals surface area contributed by atoms with Crippen LogP contribution in [0.1, 0.15) is 26.2 Å². The molecule has 0 saturated carbocycles. The molecule has 0 aliphatic carbocycles. The fourth-order valence-corrected chi connectivity index (χ4v) is 0.524. The summed E-state index contributed by atoms with van der Waals surface area (Å²) in [6.45, 7) is 1.75. The monoisotopic (exact) mass is 146 g/mol. The van der Waals surface area contributed by atoms with Crippen LogP contribution in [0, 0.1) is 0 Å². The van der Waals surface area contributed by atoms with Gasteiger partial charge in [0.05, 0.1) is 19.3 Å². The summed E-state index contributed by atoms with van der Waals surface area (Å²) in [5.41, 5.74) is 0. The SMILES string of the molecule is CCC(CCC(=O)O)=[O+][O-]. The van der Waals surface area contributed by atoms with Crippen molar-refractivity contribution in [1.29, 1.82) is 0 Å². The van der Waals surface area contributed by atoms with Gasteiger partial charge in [0, 0.05) is 0 Å². The van der Waals surface area contributed by atoms with E-state index in [1.807, 2.05) is 0 Å². The van der Waals surface area contributed by atoms with Crippen molar-refractivity contribution in [3.05, 3.63) is 0 Å². The molecule has 0 aromatic heterocycles. The van der Waals surface area contributed by atoms with Gasteiger partial charge >= 0.3 is 11.8 Å². The second-order valence-electron chi connectivity index (χ2n) is 1.87. The van der Waals surface area contributed by atoms with Crippen LogP contribution < -0.4 is 5.26 Å². The topological polar surface area (TPSA) is 71.7 Å². The summed E-state index contributed by atoms with van der Waals surface area (Å²) in [5.74, 6) is -0.620. The van der Waals surface area contributed by atoms with Crippen molar-refractivity contribution in [3.63, 3.8) is 0 Å². The molecule has 0 bridgehead atoms. The number of carbonyl (C=O) groups excluding carboxylic acids is 1. The van der Waals surface area contributed by atoms with Crippen molar-refractivity contribution in [1.82, 2.24) is 0 Å². The first-order chi connectivity index (χ1) is 4.70. The van der Waals surface area contributed by atoms with Crippen LogP contribution in [-0.2, 0) is 9.37 Å². The zero-order chi connectivity index (χ0) is 7.98. The Hall–Kier alpha value is -1.06. The van der Waals surface area contributed by atoms with Crippen LogP contribution >= 0.6 is 0 Å². The molecule has 1 N–H and O–H groups in total. The number of hydrogen-bond acceptors (Lipinski definition) is 2. The van der Waals surface area contributed by atoms with E-state index in [4.69, 9.17) is 5.11 Å². The predicted octanol–water partition coefficient (Wildman–Crippen LogP) is -0.359. The molecule has 0 atom stereocenters. The lowest BCUT2D eigenvalue weighted by atomic mass is 10.2. The van der Waals surface area contributed by atoms with Crippen molar-refractivity contribution in [2.75, 3.05) is 0 Å². The minimum atomic E-state index is -0.914. The fraction of sp³-hybridized carbons (Fsp3) is 0.667. The molecule has 0 aliphatic heterocycles. The zero-order valence-corrected chi connectivity index (χ0v) is 5.79. The van der Waals surface area contributed by atoms with Gasteiger partial charge in [-0.1, -0.05) is 6.92 Å². The molecule has 0 heterocycles. The van der Waals surface area contributed by atoms with Gasteiger partial charge in [-0.2, -0.15) is 4.58 Å². The van der Waals surface area contributed by atoms with Crippen molar-refractivity contribution in [2.24, 2.45) is 0 Å². The van der Waals surface area contributed by atoms with Gasteiger partial charge in [0.15, 0.2) is 0 Å². The maximum Gasteiger partial charge on any atom is 0.329 e. The third kappa shape index (κ3) is 3.88. The molecule has 0 fully saturated rings. The van der Waals surface area contributed by atoms with E-state index >= 15 is 0 Å². The molecule has 0 aromatic rings. The average molecular weight is 146 g/mol. The molecule has 0 rings (SSSR count). The molecule has 10 heavy (non-hydrogen) atoms. The molecule has 0 radical (unpaired) electrons. The molecule has 0 unspecified atom stereocenters. The minimum absolute atomic E-state index is 0.0363. The smallest absolute Gasteiger partial charge is 0.329 e. The molecule has 0 aromatic carbocycles. The van der Waals surface area contributed by atoms with Gasteiger partial charge in [-0.15, -0.1) is 0 Å². The highest BCUT2D eigenvalue weighted by Crippen LogP contribution is 1.94. The highest BCUT2D eigenvalue weighted by atomic mass is 17.1. The zero-order valence-electron chi connectivity index (χ0n) is 5.79. The van der Waals surface area contributed by atoms with E-state index in [-0.39, 0.29) is 12.8 Å². The van der Waals surface area contributed by atoms with Crippen LogP contribution in [0.25, 0.3) is 0 Å². The summed E-state index contributed by atoms with van der Waals surface area (Å²) in [6, 6.07) is 0. The van der Waals surface area contributed by atoms with Gasteiger partial charge in [-0.25, -0.2) is 0 Å². The number of rotatable bonds is 4. The summed E-state index contributed by atoms with van der Waals surface area (Å²) >= 11 is 0. The van der Waals surface area contributed by atoms with Gasteiger partial charge in [0.2, 0.25) is 0 Å². The normalized spacial score (nSPS) is 11.5. The van der Waals surface area contributed by atoms with E-state index in [0.29, 0.717) is 12.2 Å². The van der Waals surface area contributed by atoms with Crippen molar-refractivity contribution in [3.8, 4) is 0 Å². The van der Waals surface area contributed by atoms with Crippen LogP contribution in [0.3, 0.4) is 0 Å². The minimum Gasteiger partial charge on any atom is -0.481 e. The maximum absolute atomic E-state index is 9.96. The number of carbonyl (C=O) groups is 1. The molecule has 0 amide bonds. The molecule has 58 valence electrons. The molecule has 0 spiro atoms. The van der Waals surface area contributed by atoms with Crippen molar-refractivity contribution < 1.29 is 19.7 Å². The number of ketones is 1. The lowest BCUT2D eigenvalue weighted by Crippen LogP contribution is -2.10. The number of hydrogen-bond donors (Lipinski definition) is 1. The molecule has 4 heteroatoms. The number of aliphatic carboxylic acids is 1. The summed E-state index contributed by atoms with van der Waals surface area (Å²) in [6.07, 6.45) is 0.664. The molecule has 0 saturated heterocycles. The first-order valence-electron chi connectivity index (χ1n) is 3.07. The molecule has 4 nitrogen and oxygen atoms in total. The number of carboxylic acids is 1. The highest BCUT2D eigenvalue weighted by Gasteiger charge is 2.09. The average Bonchev–Trinajstić information content (AvgIpc) is 1.90. The van der Waals surface area contributed by atoms with E-state index in [1.165, 1.54) is 0 Å². The quantitative estimate of drug-likeness (QED) is 0.334. The largest absolute Gasteiger partial charge is 0.481 e.